The van der Waals surface area contributed by atoms with Crippen molar-refractivity contribution in [3.8, 4) is 22.8 Å². The van der Waals surface area contributed by atoms with Gasteiger partial charge in [0, 0.05) is 12.0 Å². The molecule has 0 aliphatic rings. The van der Waals surface area contributed by atoms with Crippen LogP contribution in [0.1, 0.15) is 31.7 Å². The summed E-state index contributed by atoms with van der Waals surface area (Å²) in [4.78, 5) is 25.4. The molecule has 0 radical (unpaired) electrons. The van der Waals surface area contributed by atoms with Gasteiger partial charge in [-0.3, -0.25) is 9.59 Å². The van der Waals surface area contributed by atoms with Crippen molar-refractivity contribution >= 4 is 16.9 Å². The summed E-state index contributed by atoms with van der Waals surface area (Å²) in [6.07, 6.45) is 1.80. The molecule has 4 aromatic rings. The van der Waals surface area contributed by atoms with Gasteiger partial charge in [0.1, 0.15) is 17.9 Å². The number of ether oxygens (including phenoxy) is 2. The van der Waals surface area contributed by atoms with Gasteiger partial charge in [-0.05, 0) is 48.4 Å². The first-order valence-corrected chi connectivity index (χ1v) is 10.7. The second-order valence-electron chi connectivity index (χ2n) is 7.46. The summed E-state index contributed by atoms with van der Waals surface area (Å²) in [7, 11) is 0. The van der Waals surface area contributed by atoms with Crippen LogP contribution in [0.3, 0.4) is 0 Å². The van der Waals surface area contributed by atoms with E-state index in [-0.39, 0.29) is 23.4 Å². The van der Waals surface area contributed by atoms with E-state index in [0.29, 0.717) is 35.3 Å². The van der Waals surface area contributed by atoms with E-state index < -0.39 is 5.97 Å². The Morgan fingerprint density at radius 1 is 0.906 bits per heavy atom. The highest BCUT2D eigenvalue weighted by Crippen LogP contribution is 2.32. The first kappa shape index (κ1) is 21.4. The van der Waals surface area contributed by atoms with E-state index in [1.165, 1.54) is 0 Å². The van der Waals surface area contributed by atoms with E-state index in [0.717, 1.165) is 12.0 Å². The van der Waals surface area contributed by atoms with Crippen LogP contribution in [0.15, 0.2) is 88.1 Å². The minimum atomic E-state index is -0.446. The molecular weight excluding hydrogens is 404 g/mol. The van der Waals surface area contributed by atoms with Gasteiger partial charge in [-0.15, -0.1) is 0 Å². The average Bonchev–Trinajstić information content (AvgIpc) is 2.84. The Balaban J connectivity index is 1.65. The summed E-state index contributed by atoms with van der Waals surface area (Å²) in [6.45, 7) is 2.44. The van der Waals surface area contributed by atoms with Crippen LogP contribution in [0.5, 0.6) is 11.5 Å². The monoisotopic (exact) mass is 428 g/mol. The number of hydrogen-bond acceptors (Lipinski definition) is 5. The van der Waals surface area contributed by atoms with Gasteiger partial charge >= 0.3 is 5.97 Å². The zero-order valence-electron chi connectivity index (χ0n) is 17.9. The van der Waals surface area contributed by atoms with Crippen molar-refractivity contribution in [2.45, 2.75) is 32.8 Å². The SMILES string of the molecule is CCCCC(=O)Oc1c(-c2ccc(OCc3ccccc3)cc2)oc2ccccc2c1=O. The first-order valence-electron chi connectivity index (χ1n) is 10.7. The Morgan fingerprint density at radius 2 is 1.62 bits per heavy atom. The molecule has 0 fully saturated rings. The molecular formula is C27H24O5. The lowest BCUT2D eigenvalue weighted by atomic mass is 10.1. The molecule has 0 bridgehead atoms. The number of carbonyl (C=O) groups is 1. The Morgan fingerprint density at radius 3 is 2.38 bits per heavy atom. The summed E-state index contributed by atoms with van der Waals surface area (Å²) < 4.78 is 17.4. The standard InChI is InChI=1S/C27H24O5/c1-2-3-13-24(28)32-27-25(29)22-11-7-8-12-23(22)31-26(27)20-14-16-21(17-15-20)30-18-19-9-5-4-6-10-19/h4-12,14-17H,2-3,13,18H2,1H3. The lowest BCUT2D eigenvalue weighted by Gasteiger charge is -2.11. The van der Waals surface area contributed by atoms with Gasteiger partial charge in [-0.1, -0.05) is 55.8 Å². The largest absolute Gasteiger partial charge is 0.489 e. The highest BCUT2D eigenvalue weighted by molar-refractivity contribution is 5.84. The molecule has 162 valence electrons. The molecule has 3 aromatic carbocycles. The highest BCUT2D eigenvalue weighted by atomic mass is 16.5. The minimum Gasteiger partial charge on any atom is -0.489 e. The smallest absolute Gasteiger partial charge is 0.311 e. The van der Waals surface area contributed by atoms with Gasteiger partial charge in [0.2, 0.25) is 11.2 Å². The fourth-order valence-electron chi connectivity index (χ4n) is 3.34. The Bertz CT molecular complexity index is 1260. The summed E-state index contributed by atoms with van der Waals surface area (Å²) >= 11 is 0. The molecule has 0 atom stereocenters. The quantitative estimate of drug-likeness (QED) is 0.316. The molecule has 1 heterocycles. The summed E-state index contributed by atoms with van der Waals surface area (Å²) in [5, 5.41) is 0.373. The number of fused-ring (bicyclic) bond motifs is 1. The molecule has 32 heavy (non-hydrogen) atoms. The number of hydrogen-bond donors (Lipinski definition) is 0. The molecule has 0 saturated heterocycles. The van der Waals surface area contributed by atoms with Crippen molar-refractivity contribution in [1.82, 2.24) is 0 Å². The zero-order valence-corrected chi connectivity index (χ0v) is 17.9. The van der Waals surface area contributed by atoms with Gasteiger partial charge in [0.05, 0.1) is 5.39 Å². The van der Waals surface area contributed by atoms with E-state index in [1.54, 1.807) is 48.5 Å². The number of esters is 1. The van der Waals surface area contributed by atoms with Crippen molar-refractivity contribution in [3.05, 3.63) is 94.6 Å². The normalized spacial score (nSPS) is 10.8. The molecule has 0 saturated carbocycles. The number of carbonyl (C=O) groups excluding carboxylic acids is 1. The van der Waals surface area contributed by atoms with E-state index in [2.05, 4.69) is 0 Å². The van der Waals surface area contributed by atoms with Crippen LogP contribution in [0, 0.1) is 0 Å². The van der Waals surface area contributed by atoms with Gasteiger partial charge < -0.3 is 13.9 Å². The molecule has 1 aromatic heterocycles. The summed E-state index contributed by atoms with van der Waals surface area (Å²) in [5.74, 6) is 0.386. The molecule has 4 rings (SSSR count). The molecule has 5 nitrogen and oxygen atoms in total. The molecule has 5 heteroatoms. The number of unbranched alkanes of at least 4 members (excludes halogenated alkanes) is 1. The topological polar surface area (TPSA) is 65.7 Å². The fourth-order valence-corrected chi connectivity index (χ4v) is 3.34. The average molecular weight is 428 g/mol. The van der Waals surface area contributed by atoms with Gasteiger partial charge in [0.25, 0.3) is 0 Å². The molecule has 0 aliphatic heterocycles. The number of para-hydroxylation sites is 1. The van der Waals surface area contributed by atoms with Crippen molar-refractivity contribution in [3.63, 3.8) is 0 Å². The Hall–Kier alpha value is -3.86. The number of benzene rings is 3. The Kier molecular flexibility index (Phi) is 6.66. The van der Waals surface area contributed by atoms with E-state index >= 15 is 0 Å². The second-order valence-corrected chi connectivity index (χ2v) is 7.46. The predicted molar refractivity (Wildman–Crippen MR) is 124 cm³/mol. The van der Waals surface area contributed by atoms with Crippen LogP contribution in [0.4, 0.5) is 0 Å². The zero-order chi connectivity index (χ0) is 22.3. The van der Waals surface area contributed by atoms with E-state index in [1.807, 2.05) is 37.3 Å². The van der Waals surface area contributed by atoms with Gasteiger partial charge in [-0.25, -0.2) is 0 Å². The second kappa shape index (κ2) is 9.96. The molecule has 0 N–H and O–H groups in total. The minimum absolute atomic E-state index is 0.0808. The molecule has 0 unspecified atom stereocenters. The van der Waals surface area contributed by atoms with Crippen LogP contribution in [-0.4, -0.2) is 5.97 Å². The third-order valence-electron chi connectivity index (χ3n) is 5.07. The lowest BCUT2D eigenvalue weighted by Crippen LogP contribution is -2.15. The van der Waals surface area contributed by atoms with E-state index in [9.17, 15) is 9.59 Å². The number of rotatable bonds is 8. The Labute approximate surface area is 186 Å². The van der Waals surface area contributed by atoms with E-state index in [4.69, 9.17) is 13.9 Å². The van der Waals surface area contributed by atoms with Crippen molar-refractivity contribution < 1.29 is 18.7 Å². The van der Waals surface area contributed by atoms with Crippen LogP contribution in [-0.2, 0) is 11.4 Å². The lowest BCUT2D eigenvalue weighted by molar-refractivity contribution is -0.134. The first-order chi connectivity index (χ1) is 15.7. The molecule has 0 spiro atoms. The molecule has 0 amide bonds. The maximum Gasteiger partial charge on any atom is 0.311 e. The van der Waals surface area contributed by atoms with Crippen molar-refractivity contribution in [1.29, 1.82) is 0 Å². The maximum absolute atomic E-state index is 13.1. The van der Waals surface area contributed by atoms with Crippen LogP contribution in [0.2, 0.25) is 0 Å². The van der Waals surface area contributed by atoms with Gasteiger partial charge in [0.15, 0.2) is 5.76 Å². The summed E-state index contributed by atoms with van der Waals surface area (Å²) in [6, 6.07) is 24.0. The maximum atomic E-state index is 13.1. The van der Waals surface area contributed by atoms with Crippen LogP contribution < -0.4 is 14.9 Å². The molecule has 0 aliphatic carbocycles. The van der Waals surface area contributed by atoms with Gasteiger partial charge in [-0.2, -0.15) is 0 Å². The van der Waals surface area contributed by atoms with Crippen molar-refractivity contribution in [2.75, 3.05) is 0 Å². The third-order valence-corrected chi connectivity index (χ3v) is 5.07. The summed E-state index contributed by atoms with van der Waals surface area (Å²) in [5.41, 5.74) is 1.76. The predicted octanol–water partition coefficient (Wildman–Crippen LogP) is 6.13. The van der Waals surface area contributed by atoms with Crippen LogP contribution >= 0.6 is 0 Å². The van der Waals surface area contributed by atoms with Crippen molar-refractivity contribution in [2.24, 2.45) is 0 Å². The highest BCUT2D eigenvalue weighted by Gasteiger charge is 2.20. The fraction of sp³-hybridized carbons (Fsp3) is 0.185. The third kappa shape index (κ3) is 4.89. The van der Waals surface area contributed by atoms with Crippen LogP contribution in [0.25, 0.3) is 22.3 Å².